The Morgan fingerprint density at radius 3 is 2.56 bits per heavy atom. The van der Waals surface area contributed by atoms with E-state index in [0.717, 1.165) is 22.5 Å². The van der Waals surface area contributed by atoms with E-state index in [4.69, 9.17) is 9.15 Å². The van der Waals surface area contributed by atoms with E-state index in [1.165, 1.54) is 30.2 Å². The van der Waals surface area contributed by atoms with Gasteiger partial charge in [-0.15, -0.1) is 0 Å². The van der Waals surface area contributed by atoms with Gasteiger partial charge in [-0.3, -0.25) is 14.5 Å². The van der Waals surface area contributed by atoms with Crippen molar-refractivity contribution >= 4 is 39.3 Å². The summed E-state index contributed by atoms with van der Waals surface area (Å²) in [5.41, 5.74) is 2.18. The van der Waals surface area contributed by atoms with E-state index in [9.17, 15) is 14.4 Å². The smallest absolute Gasteiger partial charge is 0.350 e. The van der Waals surface area contributed by atoms with Crippen LogP contribution in [0.1, 0.15) is 54.2 Å². The summed E-state index contributed by atoms with van der Waals surface area (Å²) in [4.78, 5) is 45.3. The molecule has 1 atom stereocenters. The van der Waals surface area contributed by atoms with Gasteiger partial charge in [0.25, 0.3) is 5.91 Å². The first-order valence-corrected chi connectivity index (χ1v) is 11.3. The van der Waals surface area contributed by atoms with E-state index < -0.39 is 29.2 Å². The topological polar surface area (TPSA) is 89.7 Å². The Balaban J connectivity index is 1.82. The first-order valence-electron chi connectivity index (χ1n) is 10.4. The molecule has 34 heavy (non-hydrogen) atoms. The van der Waals surface area contributed by atoms with Crippen molar-refractivity contribution in [2.45, 2.75) is 26.8 Å². The maximum atomic E-state index is 15.0. The predicted octanol–water partition coefficient (Wildman–Crippen LogP) is 4.85. The molecule has 0 fully saturated rings. The van der Waals surface area contributed by atoms with Crippen molar-refractivity contribution in [1.82, 2.24) is 4.98 Å². The Bertz CT molecular complexity index is 1570. The van der Waals surface area contributed by atoms with Crippen molar-refractivity contribution in [3.05, 3.63) is 91.0 Å². The van der Waals surface area contributed by atoms with Gasteiger partial charge < -0.3 is 9.15 Å². The fraction of sp³-hybridized carbons (Fsp3) is 0.200. The number of nitrogens with zero attached hydrogens (tertiary/aromatic N) is 2. The quantitative estimate of drug-likeness (QED) is 0.391. The van der Waals surface area contributed by atoms with Crippen LogP contribution in [0.15, 0.2) is 45.6 Å². The van der Waals surface area contributed by atoms with Crippen molar-refractivity contribution in [2.75, 3.05) is 12.0 Å². The highest BCUT2D eigenvalue weighted by Crippen LogP contribution is 2.43. The van der Waals surface area contributed by atoms with E-state index >= 15 is 4.39 Å². The van der Waals surface area contributed by atoms with Gasteiger partial charge in [-0.05, 0) is 50.1 Å². The van der Waals surface area contributed by atoms with E-state index in [-0.39, 0.29) is 32.5 Å². The summed E-state index contributed by atoms with van der Waals surface area (Å²) in [6.45, 7) is 5.37. The van der Waals surface area contributed by atoms with Gasteiger partial charge in [-0.25, -0.2) is 14.2 Å². The highest BCUT2D eigenvalue weighted by molar-refractivity contribution is 7.17. The lowest BCUT2D eigenvalue weighted by Crippen LogP contribution is -2.30. The molecule has 2 aromatic heterocycles. The summed E-state index contributed by atoms with van der Waals surface area (Å²) >= 11 is 0.936. The number of hydrogen-bond acceptors (Lipinski definition) is 7. The number of fused-ring (bicyclic) bond motifs is 2. The third-order valence-corrected chi connectivity index (χ3v) is 7.19. The minimum Gasteiger partial charge on any atom is -0.465 e. The van der Waals surface area contributed by atoms with Crippen LogP contribution < -0.4 is 10.3 Å². The molecular formula is C25H19FN2O5S. The highest BCUT2D eigenvalue weighted by Gasteiger charge is 2.46. The molecule has 0 N–H and O–H groups in total. The third kappa shape index (κ3) is 3.15. The molecule has 3 heterocycles. The maximum absolute atomic E-state index is 15.0. The number of aryl methyl sites for hydroxylation is 3. The van der Waals surface area contributed by atoms with Gasteiger partial charge in [-0.1, -0.05) is 29.5 Å². The highest BCUT2D eigenvalue weighted by atomic mass is 32.1. The van der Waals surface area contributed by atoms with Gasteiger partial charge in [0, 0.05) is 5.56 Å². The zero-order valence-electron chi connectivity index (χ0n) is 18.8. The summed E-state index contributed by atoms with van der Waals surface area (Å²) < 4.78 is 25.8. The van der Waals surface area contributed by atoms with Gasteiger partial charge in [0.05, 0.1) is 23.8 Å². The van der Waals surface area contributed by atoms with E-state index in [2.05, 4.69) is 4.98 Å². The lowest BCUT2D eigenvalue weighted by molar-refractivity contribution is 0.0605. The fourth-order valence-corrected chi connectivity index (χ4v) is 5.20. The van der Waals surface area contributed by atoms with Crippen molar-refractivity contribution < 1.29 is 23.1 Å². The maximum Gasteiger partial charge on any atom is 0.350 e. The minimum absolute atomic E-state index is 0.0401. The SMILES string of the molecule is COC(=O)c1sc(N2C(=O)c3oc4cc(C)c(C)cc4c(=O)c3C2c2ccccc2F)nc1C. The van der Waals surface area contributed by atoms with E-state index in [1.807, 2.05) is 13.8 Å². The molecule has 1 aliphatic rings. The van der Waals surface area contributed by atoms with Crippen molar-refractivity contribution in [2.24, 2.45) is 0 Å². The lowest BCUT2D eigenvalue weighted by atomic mass is 9.97. The minimum atomic E-state index is -1.11. The van der Waals surface area contributed by atoms with Crippen molar-refractivity contribution in [3.8, 4) is 0 Å². The zero-order chi connectivity index (χ0) is 24.3. The molecule has 1 amide bonds. The Morgan fingerprint density at radius 1 is 1.15 bits per heavy atom. The van der Waals surface area contributed by atoms with Gasteiger partial charge in [0.2, 0.25) is 5.76 Å². The molecule has 1 unspecified atom stereocenters. The van der Waals surface area contributed by atoms with Crippen LogP contribution in [0.25, 0.3) is 11.0 Å². The lowest BCUT2D eigenvalue weighted by Gasteiger charge is -2.22. The number of methoxy groups -OCH3 is 1. The first-order chi connectivity index (χ1) is 16.2. The Morgan fingerprint density at radius 2 is 1.85 bits per heavy atom. The molecule has 0 bridgehead atoms. The molecule has 4 aromatic rings. The Hall–Kier alpha value is -3.85. The van der Waals surface area contributed by atoms with E-state index in [0.29, 0.717) is 11.1 Å². The Labute approximate surface area is 197 Å². The molecule has 9 heteroatoms. The molecular weight excluding hydrogens is 459 g/mol. The summed E-state index contributed by atoms with van der Waals surface area (Å²) in [6.07, 6.45) is 0. The second-order valence-electron chi connectivity index (χ2n) is 8.11. The summed E-state index contributed by atoms with van der Waals surface area (Å²) in [5.74, 6) is -1.98. The zero-order valence-corrected chi connectivity index (χ0v) is 19.6. The first kappa shape index (κ1) is 22.0. The van der Waals surface area contributed by atoms with Gasteiger partial charge >= 0.3 is 5.97 Å². The number of thiazole rings is 1. The number of amides is 1. The molecule has 5 rings (SSSR count). The normalized spacial score (nSPS) is 15.1. The third-order valence-electron chi connectivity index (χ3n) is 6.05. The monoisotopic (exact) mass is 478 g/mol. The number of aromatic nitrogens is 1. The number of carbonyl (C=O) groups is 2. The molecule has 0 saturated carbocycles. The number of rotatable bonds is 3. The molecule has 1 aliphatic heterocycles. The second kappa shape index (κ2) is 7.88. The van der Waals surface area contributed by atoms with Crippen molar-refractivity contribution in [3.63, 3.8) is 0 Å². The number of anilines is 1. The second-order valence-corrected chi connectivity index (χ2v) is 9.09. The number of carbonyl (C=O) groups excluding carboxylic acids is 2. The van der Waals surface area contributed by atoms with Crippen LogP contribution >= 0.6 is 11.3 Å². The number of esters is 1. The average Bonchev–Trinajstić information content (AvgIpc) is 3.32. The molecule has 172 valence electrons. The molecule has 7 nitrogen and oxygen atoms in total. The summed E-state index contributed by atoms with van der Waals surface area (Å²) in [7, 11) is 1.25. The number of benzene rings is 2. The van der Waals surface area contributed by atoms with Crippen LogP contribution in [-0.2, 0) is 4.74 Å². The number of hydrogen-bond donors (Lipinski definition) is 0. The van der Waals surface area contributed by atoms with Crippen molar-refractivity contribution in [1.29, 1.82) is 0 Å². The molecule has 0 spiro atoms. The molecule has 0 saturated heterocycles. The van der Waals surface area contributed by atoms with Gasteiger partial charge in [0.15, 0.2) is 10.6 Å². The fourth-order valence-electron chi connectivity index (χ4n) is 4.18. The van der Waals surface area contributed by atoms with Crippen LogP contribution in [0, 0.1) is 26.6 Å². The predicted molar refractivity (Wildman–Crippen MR) is 125 cm³/mol. The summed E-state index contributed by atoms with van der Waals surface area (Å²) in [6, 6.07) is 8.25. The summed E-state index contributed by atoms with van der Waals surface area (Å²) in [5, 5.41) is 0.446. The van der Waals surface area contributed by atoms with Crippen LogP contribution in [0.5, 0.6) is 0 Å². The number of ether oxygens (including phenoxy) is 1. The van der Waals surface area contributed by atoms with Crippen LogP contribution in [0.2, 0.25) is 0 Å². The van der Waals surface area contributed by atoms with Gasteiger partial charge in [0.1, 0.15) is 22.3 Å². The molecule has 2 aromatic carbocycles. The molecule has 0 aliphatic carbocycles. The van der Waals surface area contributed by atoms with Crippen LogP contribution in [0.3, 0.4) is 0 Å². The largest absolute Gasteiger partial charge is 0.465 e. The Kier molecular flexibility index (Phi) is 5.09. The van der Waals surface area contributed by atoms with E-state index in [1.54, 1.807) is 25.1 Å². The average molecular weight is 479 g/mol. The standard InChI is InChI=1S/C25H19FN2O5S/c1-11-9-15-17(10-12(11)2)33-21-18(20(15)29)19(14-7-5-6-8-16(14)26)28(23(21)30)25-27-13(3)22(34-25)24(31)32-4/h5-10,19H,1-4H3. The van der Waals surface area contributed by atoms with Crippen LogP contribution in [-0.4, -0.2) is 24.0 Å². The van der Waals surface area contributed by atoms with Gasteiger partial charge in [-0.2, -0.15) is 0 Å². The number of halogens is 1. The molecule has 0 radical (unpaired) electrons. The van der Waals surface area contributed by atoms with Crippen LogP contribution in [0.4, 0.5) is 9.52 Å².